The average molecular weight is 635 g/mol. The number of carbonyl (C=O) groups is 2. The SMILES string of the molecule is CC/C=C\C[C@@H](O)/C=C/C=C/C=C\C=C/[C@H](O)[C@@H](O)CCCC(=O)OC[C@H](O)COC(=O)CCCCCCCCCCC(C)C. The van der Waals surface area contributed by atoms with E-state index in [1.165, 1.54) is 44.6 Å². The van der Waals surface area contributed by atoms with E-state index >= 15 is 0 Å². The van der Waals surface area contributed by atoms with E-state index in [2.05, 4.69) is 13.8 Å². The van der Waals surface area contributed by atoms with Crippen molar-refractivity contribution in [3.05, 3.63) is 60.8 Å². The molecule has 0 radical (unpaired) electrons. The van der Waals surface area contributed by atoms with Crippen LogP contribution < -0.4 is 0 Å². The summed E-state index contributed by atoms with van der Waals surface area (Å²) in [6.07, 6.45) is 26.7. The summed E-state index contributed by atoms with van der Waals surface area (Å²) in [5.41, 5.74) is 0. The Balaban J connectivity index is 3.88. The molecule has 0 saturated carbocycles. The van der Waals surface area contributed by atoms with Gasteiger partial charge in [-0.3, -0.25) is 9.59 Å². The number of esters is 2. The van der Waals surface area contributed by atoms with Gasteiger partial charge in [0.1, 0.15) is 19.3 Å². The van der Waals surface area contributed by atoms with Gasteiger partial charge in [0, 0.05) is 12.8 Å². The molecule has 0 aliphatic heterocycles. The fraction of sp³-hybridized carbons (Fsp3) is 0.676. The summed E-state index contributed by atoms with van der Waals surface area (Å²) < 4.78 is 10.1. The van der Waals surface area contributed by atoms with Gasteiger partial charge in [0.2, 0.25) is 0 Å². The maximum atomic E-state index is 11.9. The smallest absolute Gasteiger partial charge is 0.305 e. The predicted octanol–water partition coefficient (Wildman–Crippen LogP) is 6.82. The quantitative estimate of drug-likeness (QED) is 0.0319. The molecular formula is C37H62O8. The van der Waals surface area contributed by atoms with Crippen molar-refractivity contribution in [3.63, 3.8) is 0 Å². The highest BCUT2D eigenvalue weighted by atomic mass is 16.6. The summed E-state index contributed by atoms with van der Waals surface area (Å²) in [6, 6.07) is 0. The molecule has 0 aromatic carbocycles. The van der Waals surface area contributed by atoms with E-state index in [9.17, 15) is 30.0 Å². The van der Waals surface area contributed by atoms with Crippen LogP contribution in [0.25, 0.3) is 0 Å². The molecule has 0 heterocycles. The Hall–Kier alpha value is -2.52. The van der Waals surface area contributed by atoms with Gasteiger partial charge in [-0.2, -0.15) is 0 Å². The van der Waals surface area contributed by atoms with Crippen LogP contribution in [0.4, 0.5) is 0 Å². The Kier molecular flexibility index (Phi) is 28.5. The molecule has 0 aromatic rings. The van der Waals surface area contributed by atoms with Crippen molar-refractivity contribution < 1.29 is 39.5 Å². The molecule has 8 heteroatoms. The van der Waals surface area contributed by atoms with E-state index in [-0.39, 0.29) is 32.0 Å². The second-order valence-corrected chi connectivity index (χ2v) is 12.0. The molecule has 0 amide bonds. The zero-order chi connectivity index (χ0) is 33.5. The third kappa shape index (κ3) is 29.9. The molecule has 0 bridgehead atoms. The van der Waals surface area contributed by atoms with Crippen LogP contribution in [0, 0.1) is 5.92 Å². The van der Waals surface area contributed by atoms with E-state index in [0.29, 0.717) is 19.3 Å². The van der Waals surface area contributed by atoms with Gasteiger partial charge in [-0.25, -0.2) is 0 Å². The van der Waals surface area contributed by atoms with E-state index in [0.717, 1.165) is 31.6 Å². The first-order chi connectivity index (χ1) is 21.6. The summed E-state index contributed by atoms with van der Waals surface area (Å²) in [7, 11) is 0. The number of aliphatic hydroxyl groups excluding tert-OH is 4. The Morgan fingerprint density at radius 2 is 1.13 bits per heavy atom. The van der Waals surface area contributed by atoms with E-state index in [1.54, 1.807) is 42.5 Å². The Labute approximate surface area is 272 Å². The van der Waals surface area contributed by atoms with Gasteiger partial charge in [-0.15, -0.1) is 0 Å². The number of hydrogen-bond acceptors (Lipinski definition) is 8. The molecule has 0 spiro atoms. The molecule has 4 atom stereocenters. The fourth-order valence-corrected chi connectivity index (χ4v) is 4.32. The first kappa shape index (κ1) is 42.5. The molecule has 0 aliphatic carbocycles. The van der Waals surface area contributed by atoms with Crippen molar-refractivity contribution in [1.29, 1.82) is 0 Å². The molecule has 0 unspecified atom stereocenters. The minimum Gasteiger partial charge on any atom is -0.463 e. The number of rotatable bonds is 28. The third-order valence-electron chi connectivity index (χ3n) is 7.04. The van der Waals surface area contributed by atoms with Gasteiger partial charge in [0.15, 0.2) is 0 Å². The van der Waals surface area contributed by atoms with Crippen molar-refractivity contribution in [2.75, 3.05) is 13.2 Å². The first-order valence-electron chi connectivity index (χ1n) is 17.0. The number of aliphatic hydroxyl groups is 4. The average Bonchev–Trinajstić information content (AvgIpc) is 3.00. The topological polar surface area (TPSA) is 134 Å². The molecule has 4 N–H and O–H groups in total. The molecule has 0 rings (SSSR count). The standard InChI is InChI=1S/C37H62O8/c1-4-5-16-23-32(38)24-18-13-10-11-14-19-25-34(40)35(41)26-21-28-37(43)45-30-33(39)29-44-36(42)27-20-15-9-7-6-8-12-17-22-31(2)3/h5,10-11,13-14,16,18-19,24-25,31-35,38-41H,4,6-9,12,15,17,20-23,26-30H2,1-3H3/b13-10+,14-11-,16-5-,24-18+,25-19-/t32-,33-,34+,35+/m1/s1. The van der Waals surface area contributed by atoms with Gasteiger partial charge in [0.05, 0.1) is 18.3 Å². The Morgan fingerprint density at radius 3 is 1.71 bits per heavy atom. The maximum absolute atomic E-state index is 11.9. The fourth-order valence-electron chi connectivity index (χ4n) is 4.32. The number of carbonyl (C=O) groups excluding carboxylic acids is 2. The van der Waals surface area contributed by atoms with E-state index < -0.39 is 30.4 Å². The normalized spacial score (nSPS) is 15.2. The Morgan fingerprint density at radius 1 is 0.622 bits per heavy atom. The number of allylic oxidation sites excluding steroid dienone is 7. The second kappa shape index (κ2) is 30.2. The minimum absolute atomic E-state index is 0.0275. The van der Waals surface area contributed by atoms with Crippen molar-refractivity contribution in [3.8, 4) is 0 Å². The van der Waals surface area contributed by atoms with Gasteiger partial charge < -0.3 is 29.9 Å². The van der Waals surface area contributed by atoms with Gasteiger partial charge in [0.25, 0.3) is 0 Å². The van der Waals surface area contributed by atoms with Crippen LogP contribution in [0.2, 0.25) is 0 Å². The lowest BCUT2D eigenvalue weighted by Crippen LogP contribution is -2.26. The van der Waals surface area contributed by atoms with Crippen LogP contribution >= 0.6 is 0 Å². The molecule has 258 valence electrons. The highest BCUT2D eigenvalue weighted by Gasteiger charge is 2.15. The first-order valence-corrected chi connectivity index (χ1v) is 17.0. The monoisotopic (exact) mass is 634 g/mol. The van der Waals surface area contributed by atoms with Gasteiger partial charge in [-0.05, 0) is 38.0 Å². The molecule has 0 fully saturated rings. The molecule has 0 aromatic heterocycles. The number of ether oxygens (including phenoxy) is 2. The summed E-state index contributed by atoms with van der Waals surface area (Å²) in [5.74, 6) is -0.112. The van der Waals surface area contributed by atoms with Crippen LogP contribution in [-0.4, -0.2) is 70.0 Å². The summed E-state index contributed by atoms with van der Waals surface area (Å²) >= 11 is 0. The highest BCUT2D eigenvalue weighted by molar-refractivity contribution is 5.69. The van der Waals surface area contributed by atoms with Crippen LogP contribution in [-0.2, 0) is 19.1 Å². The predicted molar refractivity (Wildman–Crippen MR) is 181 cm³/mol. The minimum atomic E-state index is -1.09. The van der Waals surface area contributed by atoms with E-state index in [4.69, 9.17) is 9.47 Å². The second-order valence-electron chi connectivity index (χ2n) is 12.0. The summed E-state index contributed by atoms with van der Waals surface area (Å²) in [4.78, 5) is 23.8. The van der Waals surface area contributed by atoms with Crippen molar-refractivity contribution in [1.82, 2.24) is 0 Å². The lowest BCUT2D eigenvalue weighted by atomic mass is 10.0. The van der Waals surface area contributed by atoms with Gasteiger partial charge in [-0.1, -0.05) is 133 Å². The Bertz CT molecular complexity index is 874. The highest BCUT2D eigenvalue weighted by Crippen LogP contribution is 2.13. The van der Waals surface area contributed by atoms with Crippen LogP contribution in [0.1, 0.15) is 117 Å². The van der Waals surface area contributed by atoms with Crippen LogP contribution in [0.5, 0.6) is 0 Å². The van der Waals surface area contributed by atoms with Crippen molar-refractivity contribution >= 4 is 11.9 Å². The lowest BCUT2D eigenvalue weighted by molar-refractivity contribution is -0.152. The molecular weight excluding hydrogens is 572 g/mol. The van der Waals surface area contributed by atoms with Crippen LogP contribution in [0.3, 0.4) is 0 Å². The van der Waals surface area contributed by atoms with Crippen molar-refractivity contribution in [2.45, 2.75) is 141 Å². The third-order valence-corrected chi connectivity index (χ3v) is 7.04. The zero-order valence-corrected chi connectivity index (χ0v) is 28.1. The van der Waals surface area contributed by atoms with Gasteiger partial charge >= 0.3 is 11.9 Å². The molecule has 0 saturated heterocycles. The van der Waals surface area contributed by atoms with E-state index in [1.807, 2.05) is 19.1 Å². The number of unbranched alkanes of at least 4 members (excludes halogenated alkanes) is 7. The molecule has 0 aliphatic rings. The van der Waals surface area contributed by atoms with Crippen molar-refractivity contribution in [2.24, 2.45) is 5.92 Å². The van der Waals surface area contributed by atoms with Crippen LogP contribution in [0.15, 0.2) is 60.8 Å². The molecule has 8 nitrogen and oxygen atoms in total. The summed E-state index contributed by atoms with van der Waals surface area (Å²) in [6.45, 7) is 6.07. The molecule has 45 heavy (non-hydrogen) atoms. The summed E-state index contributed by atoms with van der Waals surface area (Å²) in [5, 5.41) is 39.9. The number of hydrogen-bond donors (Lipinski definition) is 4. The zero-order valence-electron chi connectivity index (χ0n) is 28.1. The largest absolute Gasteiger partial charge is 0.463 e. The lowest BCUT2D eigenvalue weighted by Gasteiger charge is -2.14. The maximum Gasteiger partial charge on any atom is 0.305 e.